The molecule has 1 aliphatic rings. The fraction of sp³-hybridized carbons (Fsp3) is 0.407. The molecule has 8 heteroatoms. The van der Waals surface area contributed by atoms with E-state index in [1.807, 2.05) is 37.3 Å². The van der Waals surface area contributed by atoms with Crippen molar-refractivity contribution in [2.45, 2.75) is 25.5 Å². The van der Waals surface area contributed by atoms with Crippen molar-refractivity contribution < 1.29 is 9.84 Å². The molecule has 186 valence electrons. The van der Waals surface area contributed by atoms with Gasteiger partial charge in [-0.2, -0.15) is 0 Å². The normalized spacial score (nSPS) is 17.7. The van der Waals surface area contributed by atoms with Gasteiger partial charge in [-0.15, -0.1) is 0 Å². The second-order valence-corrected chi connectivity index (χ2v) is 8.95. The number of ether oxygens (including phenoxy) is 1. The van der Waals surface area contributed by atoms with Crippen LogP contribution < -0.4 is 15.8 Å². The molecule has 2 heterocycles. The number of aliphatic hydroxyl groups is 1. The Morgan fingerprint density at radius 1 is 1.26 bits per heavy atom. The Kier molecular flexibility index (Phi) is 8.52. The molecule has 4 rings (SSSR count). The molecule has 2 unspecified atom stereocenters. The summed E-state index contributed by atoms with van der Waals surface area (Å²) in [5, 5.41) is 14.0. The first-order valence-corrected chi connectivity index (χ1v) is 12.3. The van der Waals surface area contributed by atoms with Crippen LogP contribution in [0, 0.1) is 0 Å². The van der Waals surface area contributed by atoms with Crippen LogP contribution in [0.2, 0.25) is 0 Å². The number of nitrogens with zero attached hydrogens (tertiary/aromatic N) is 4. The molecule has 0 aliphatic carbocycles. The average Bonchev–Trinajstić information content (AvgIpc) is 3.29. The summed E-state index contributed by atoms with van der Waals surface area (Å²) in [6, 6.07) is 18.6. The van der Waals surface area contributed by atoms with Crippen molar-refractivity contribution in [2.24, 2.45) is 10.7 Å². The fourth-order valence-corrected chi connectivity index (χ4v) is 4.57. The average molecular weight is 477 g/mol. The van der Waals surface area contributed by atoms with Crippen molar-refractivity contribution in [3.63, 3.8) is 0 Å². The molecule has 2 atom stereocenters. The van der Waals surface area contributed by atoms with Crippen LogP contribution in [-0.4, -0.2) is 78.3 Å². The Morgan fingerprint density at radius 2 is 2.09 bits per heavy atom. The summed E-state index contributed by atoms with van der Waals surface area (Å²) in [6.07, 6.45) is 2.39. The van der Waals surface area contributed by atoms with Crippen molar-refractivity contribution in [1.82, 2.24) is 14.8 Å². The highest BCUT2D eigenvalue weighted by molar-refractivity contribution is 6.02. The van der Waals surface area contributed by atoms with Crippen LogP contribution in [0.3, 0.4) is 0 Å². The van der Waals surface area contributed by atoms with E-state index in [1.54, 1.807) is 6.20 Å². The highest BCUT2D eigenvalue weighted by Crippen LogP contribution is 2.30. The number of aliphatic hydroxyl groups excluding tert-OH is 1. The number of hydrogen-bond acceptors (Lipinski definition) is 6. The van der Waals surface area contributed by atoms with Gasteiger partial charge in [-0.25, -0.2) is 0 Å². The molecule has 0 spiro atoms. The van der Waals surface area contributed by atoms with Gasteiger partial charge in [-0.3, -0.25) is 19.8 Å². The molecule has 0 amide bonds. The quantitative estimate of drug-likeness (QED) is 0.305. The molecule has 1 aromatic heterocycles. The van der Waals surface area contributed by atoms with Crippen molar-refractivity contribution in [3.8, 4) is 5.75 Å². The number of likely N-dealkylation sites (N-methyl/N-ethyl adjacent to an activating group) is 1. The van der Waals surface area contributed by atoms with Crippen molar-refractivity contribution >= 4 is 22.5 Å². The Balaban J connectivity index is 1.44. The van der Waals surface area contributed by atoms with Gasteiger partial charge in [-0.1, -0.05) is 30.3 Å². The lowest BCUT2D eigenvalue weighted by molar-refractivity contribution is 0.138. The molecular weight excluding hydrogens is 440 g/mol. The fourth-order valence-electron chi connectivity index (χ4n) is 4.57. The van der Waals surface area contributed by atoms with Crippen LogP contribution in [-0.2, 0) is 0 Å². The Labute approximate surface area is 207 Å². The highest BCUT2D eigenvalue weighted by Gasteiger charge is 2.26. The molecule has 35 heavy (non-hydrogen) atoms. The first-order chi connectivity index (χ1) is 17.0. The SMILES string of the molecule is CCN=C(N)Nc1ccc(OCCN(C)C(CN2CCC(O)C2)c2ccccc2)c2cccnc12. The number of fused-ring (bicyclic) bond motifs is 1. The second-order valence-electron chi connectivity index (χ2n) is 8.95. The minimum Gasteiger partial charge on any atom is -0.492 e. The third-order valence-corrected chi connectivity index (χ3v) is 6.42. The Bertz CT molecular complexity index is 1120. The number of nitrogens with one attached hydrogen (secondary N) is 1. The van der Waals surface area contributed by atoms with Gasteiger partial charge in [0.15, 0.2) is 5.96 Å². The molecule has 0 bridgehead atoms. The number of anilines is 1. The van der Waals surface area contributed by atoms with Gasteiger partial charge < -0.3 is 20.9 Å². The number of guanidine groups is 1. The third-order valence-electron chi connectivity index (χ3n) is 6.42. The zero-order valence-electron chi connectivity index (χ0n) is 20.6. The Hall–Kier alpha value is -3.20. The number of aliphatic imine (C=N–C) groups is 1. The van der Waals surface area contributed by atoms with Crippen molar-refractivity contribution in [2.75, 3.05) is 51.7 Å². The molecule has 2 aromatic carbocycles. The molecule has 0 radical (unpaired) electrons. The number of aromatic nitrogens is 1. The minimum atomic E-state index is -0.219. The summed E-state index contributed by atoms with van der Waals surface area (Å²) in [5.74, 6) is 1.16. The van der Waals surface area contributed by atoms with E-state index >= 15 is 0 Å². The Morgan fingerprint density at radius 3 is 2.83 bits per heavy atom. The third kappa shape index (κ3) is 6.48. The van der Waals surface area contributed by atoms with E-state index in [4.69, 9.17) is 10.5 Å². The van der Waals surface area contributed by atoms with Gasteiger partial charge in [-0.05, 0) is 50.2 Å². The number of nitrogens with two attached hydrogens (primary N) is 1. The lowest BCUT2D eigenvalue weighted by Gasteiger charge is -2.32. The lowest BCUT2D eigenvalue weighted by atomic mass is 10.1. The summed E-state index contributed by atoms with van der Waals surface area (Å²) in [5.41, 5.74) is 8.83. The maximum absolute atomic E-state index is 9.97. The molecule has 1 saturated heterocycles. The van der Waals surface area contributed by atoms with Gasteiger partial charge in [0, 0.05) is 50.3 Å². The first-order valence-electron chi connectivity index (χ1n) is 12.3. The smallest absolute Gasteiger partial charge is 0.193 e. The van der Waals surface area contributed by atoms with Gasteiger partial charge >= 0.3 is 0 Å². The van der Waals surface area contributed by atoms with Gasteiger partial charge in [0.25, 0.3) is 0 Å². The number of benzene rings is 2. The van der Waals surface area contributed by atoms with Crippen LogP contribution >= 0.6 is 0 Å². The van der Waals surface area contributed by atoms with E-state index in [0.29, 0.717) is 19.1 Å². The summed E-state index contributed by atoms with van der Waals surface area (Å²) >= 11 is 0. The van der Waals surface area contributed by atoms with Gasteiger partial charge in [0.2, 0.25) is 0 Å². The topological polar surface area (TPSA) is 99.2 Å². The predicted octanol–water partition coefficient (Wildman–Crippen LogP) is 3.10. The van der Waals surface area contributed by atoms with Gasteiger partial charge in [0.05, 0.1) is 17.3 Å². The van der Waals surface area contributed by atoms with Crippen molar-refractivity contribution in [1.29, 1.82) is 0 Å². The number of hydrogen-bond donors (Lipinski definition) is 3. The first kappa shape index (κ1) is 24.9. The summed E-state index contributed by atoms with van der Waals surface area (Å²) in [4.78, 5) is 13.4. The molecule has 0 saturated carbocycles. The summed E-state index contributed by atoms with van der Waals surface area (Å²) in [7, 11) is 2.13. The molecule has 8 nitrogen and oxygen atoms in total. The van der Waals surface area contributed by atoms with E-state index in [2.05, 4.69) is 56.4 Å². The van der Waals surface area contributed by atoms with Crippen molar-refractivity contribution in [3.05, 3.63) is 66.4 Å². The second kappa shape index (κ2) is 12.0. The maximum atomic E-state index is 9.97. The van der Waals surface area contributed by atoms with E-state index in [1.165, 1.54) is 5.56 Å². The van der Waals surface area contributed by atoms with E-state index < -0.39 is 0 Å². The van der Waals surface area contributed by atoms with Crippen LogP contribution in [0.15, 0.2) is 65.8 Å². The summed E-state index contributed by atoms with van der Waals surface area (Å²) in [6.45, 7) is 6.40. The van der Waals surface area contributed by atoms with E-state index in [9.17, 15) is 5.11 Å². The van der Waals surface area contributed by atoms with E-state index in [0.717, 1.165) is 54.9 Å². The standard InChI is InChI=1S/C27H36N6O2/c1-3-29-27(28)31-23-11-12-25(22-10-7-14-30-26(22)23)35-17-16-32(2)24(20-8-5-4-6-9-20)19-33-15-13-21(34)18-33/h4-12,14,21,24,34H,3,13,15-19H2,1-2H3,(H3,28,29,31). The van der Waals surface area contributed by atoms with Crippen LogP contribution in [0.1, 0.15) is 24.9 Å². The van der Waals surface area contributed by atoms with Crippen LogP contribution in [0.5, 0.6) is 5.75 Å². The van der Waals surface area contributed by atoms with E-state index in [-0.39, 0.29) is 12.1 Å². The molecule has 4 N–H and O–H groups in total. The summed E-state index contributed by atoms with van der Waals surface area (Å²) < 4.78 is 6.25. The number of pyridine rings is 1. The molecular formula is C27H36N6O2. The van der Waals surface area contributed by atoms with Gasteiger partial charge in [0.1, 0.15) is 12.4 Å². The predicted molar refractivity (Wildman–Crippen MR) is 142 cm³/mol. The monoisotopic (exact) mass is 476 g/mol. The number of likely N-dealkylation sites (tertiary alicyclic amines) is 1. The molecule has 1 fully saturated rings. The van der Waals surface area contributed by atoms with Crippen LogP contribution in [0.25, 0.3) is 10.9 Å². The maximum Gasteiger partial charge on any atom is 0.193 e. The zero-order valence-corrected chi connectivity index (χ0v) is 20.6. The minimum absolute atomic E-state index is 0.218. The number of β-amino-alcohol motifs (C(OH)–C–C–N with tert-alkyl or cyclic N) is 1. The highest BCUT2D eigenvalue weighted by atomic mass is 16.5. The number of rotatable bonds is 10. The largest absolute Gasteiger partial charge is 0.492 e. The molecule has 1 aliphatic heterocycles. The lowest BCUT2D eigenvalue weighted by Crippen LogP contribution is -2.37. The molecule has 3 aromatic rings. The zero-order chi connectivity index (χ0) is 24.6. The van der Waals surface area contributed by atoms with Crippen LogP contribution in [0.4, 0.5) is 5.69 Å².